The van der Waals surface area contributed by atoms with Gasteiger partial charge in [0.25, 0.3) is 5.56 Å². The minimum absolute atomic E-state index is 0.142. The molecule has 2 aromatic rings. The maximum absolute atomic E-state index is 11.9. The van der Waals surface area contributed by atoms with E-state index in [1.807, 2.05) is 18.2 Å². The second-order valence-electron chi connectivity index (χ2n) is 5.18. The van der Waals surface area contributed by atoms with Crippen molar-refractivity contribution < 1.29 is 9.53 Å². The molecule has 1 aromatic carbocycles. The lowest BCUT2D eigenvalue weighted by molar-refractivity contribution is 0.00624. The maximum atomic E-state index is 11.9. The normalized spacial score (nSPS) is 11.3. The summed E-state index contributed by atoms with van der Waals surface area (Å²) in [6.07, 6.45) is 0. The lowest BCUT2D eigenvalue weighted by Crippen LogP contribution is -2.24. The number of carbonyl (C=O) groups excluding carboxylic acids is 1. The molecule has 0 aliphatic heterocycles. The van der Waals surface area contributed by atoms with Gasteiger partial charge in [-0.05, 0) is 32.9 Å². The van der Waals surface area contributed by atoms with Gasteiger partial charge in [-0.3, -0.25) is 9.89 Å². The van der Waals surface area contributed by atoms with Crippen LogP contribution in [0.3, 0.4) is 0 Å². The first-order valence-electron chi connectivity index (χ1n) is 5.98. The molecule has 0 radical (unpaired) electrons. The first-order valence-corrected chi connectivity index (χ1v) is 5.98. The molecular formula is C14H16N2O3. The molecule has 5 heteroatoms. The third-order valence-electron chi connectivity index (χ3n) is 2.35. The van der Waals surface area contributed by atoms with E-state index >= 15 is 0 Å². The number of esters is 1. The molecule has 1 heterocycles. The summed E-state index contributed by atoms with van der Waals surface area (Å²) in [5, 5.41) is 2.75. The first kappa shape index (κ1) is 13.1. The number of hydrogen-bond acceptors (Lipinski definition) is 3. The lowest BCUT2D eigenvalue weighted by atomic mass is 10.2. The fourth-order valence-electron chi connectivity index (χ4n) is 1.60. The Bertz CT molecular complexity index is 633. The van der Waals surface area contributed by atoms with E-state index in [0.717, 1.165) is 0 Å². The Labute approximate surface area is 110 Å². The van der Waals surface area contributed by atoms with E-state index in [1.165, 1.54) is 10.7 Å². The lowest BCUT2D eigenvalue weighted by Gasteiger charge is -2.18. The molecule has 0 unspecified atom stereocenters. The van der Waals surface area contributed by atoms with Crippen LogP contribution in [0.25, 0.3) is 5.69 Å². The zero-order valence-electron chi connectivity index (χ0n) is 11.1. The Morgan fingerprint density at radius 2 is 1.84 bits per heavy atom. The minimum Gasteiger partial charge on any atom is -0.455 e. The van der Waals surface area contributed by atoms with Crippen LogP contribution in [0.1, 0.15) is 31.3 Å². The smallest absolute Gasteiger partial charge is 0.356 e. The molecular weight excluding hydrogens is 244 g/mol. The van der Waals surface area contributed by atoms with Crippen molar-refractivity contribution in [1.29, 1.82) is 0 Å². The van der Waals surface area contributed by atoms with E-state index in [1.54, 1.807) is 32.9 Å². The van der Waals surface area contributed by atoms with Crippen LogP contribution in [-0.2, 0) is 4.74 Å². The molecule has 0 fully saturated rings. The van der Waals surface area contributed by atoms with Crippen molar-refractivity contribution in [2.45, 2.75) is 26.4 Å². The van der Waals surface area contributed by atoms with E-state index in [2.05, 4.69) is 5.10 Å². The zero-order chi connectivity index (χ0) is 14.0. The number of nitrogens with zero attached hydrogens (tertiary/aromatic N) is 1. The number of rotatable bonds is 2. The summed E-state index contributed by atoms with van der Waals surface area (Å²) in [5.41, 5.74) is -0.0823. The van der Waals surface area contributed by atoms with E-state index in [0.29, 0.717) is 5.69 Å². The molecule has 0 aliphatic carbocycles. The average Bonchev–Trinajstić information content (AvgIpc) is 2.70. The highest BCUT2D eigenvalue weighted by Gasteiger charge is 2.20. The average molecular weight is 260 g/mol. The number of aromatic amines is 1. The fourth-order valence-corrected chi connectivity index (χ4v) is 1.60. The number of hydrogen-bond donors (Lipinski definition) is 1. The van der Waals surface area contributed by atoms with Gasteiger partial charge in [0.05, 0.1) is 5.69 Å². The van der Waals surface area contributed by atoms with Crippen molar-refractivity contribution in [3.8, 4) is 5.69 Å². The Hall–Kier alpha value is -2.30. The van der Waals surface area contributed by atoms with Crippen LogP contribution in [0, 0.1) is 0 Å². The van der Waals surface area contributed by atoms with Gasteiger partial charge in [-0.1, -0.05) is 18.2 Å². The van der Waals surface area contributed by atoms with Crippen molar-refractivity contribution in [2.75, 3.05) is 0 Å². The second-order valence-corrected chi connectivity index (χ2v) is 5.18. The summed E-state index contributed by atoms with van der Waals surface area (Å²) in [5.74, 6) is -0.542. The predicted octanol–water partition coefficient (Wildman–Crippen LogP) is 2.12. The van der Waals surface area contributed by atoms with Crippen LogP contribution < -0.4 is 5.56 Å². The number of carbonyl (C=O) groups is 1. The molecule has 0 spiro atoms. The van der Waals surface area contributed by atoms with E-state index in [9.17, 15) is 9.59 Å². The number of para-hydroxylation sites is 1. The van der Waals surface area contributed by atoms with Crippen LogP contribution in [0.5, 0.6) is 0 Å². The standard InChI is InChI=1S/C14H16N2O3/c1-14(2,3)19-13(18)11-9-12(17)16(15-11)10-7-5-4-6-8-10/h4-9,15H,1-3H3. The number of nitrogens with one attached hydrogen (secondary N) is 1. The van der Waals surface area contributed by atoms with Crippen molar-refractivity contribution in [3.63, 3.8) is 0 Å². The summed E-state index contributed by atoms with van der Waals surface area (Å²) in [6.45, 7) is 5.32. The molecule has 2 rings (SSSR count). The summed E-state index contributed by atoms with van der Waals surface area (Å²) in [7, 11) is 0. The Morgan fingerprint density at radius 1 is 1.21 bits per heavy atom. The molecule has 100 valence electrons. The van der Waals surface area contributed by atoms with Crippen molar-refractivity contribution in [3.05, 3.63) is 52.4 Å². The summed E-state index contributed by atoms with van der Waals surface area (Å²) < 4.78 is 6.51. The molecule has 0 bridgehead atoms. The fraction of sp³-hybridized carbons (Fsp3) is 0.286. The first-order chi connectivity index (χ1) is 8.87. The minimum atomic E-state index is -0.594. The van der Waals surface area contributed by atoms with E-state index in [4.69, 9.17) is 4.74 Å². The highest BCUT2D eigenvalue weighted by Crippen LogP contribution is 2.11. The molecule has 5 nitrogen and oxygen atoms in total. The van der Waals surface area contributed by atoms with Gasteiger partial charge in [0.15, 0.2) is 0 Å². The van der Waals surface area contributed by atoms with Crippen molar-refractivity contribution in [1.82, 2.24) is 9.78 Å². The van der Waals surface area contributed by atoms with Crippen LogP contribution in [0.2, 0.25) is 0 Å². The largest absolute Gasteiger partial charge is 0.455 e. The monoisotopic (exact) mass is 260 g/mol. The van der Waals surface area contributed by atoms with Gasteiger partial charge in [0, 0.05) is 6.07 Å². The van der Waals surface area contributed by atoms with Crippen LogP contribution >= 0.6 is 0 Å². The number of H-pyrrole nitrogens is 1. The SMILES string of the molecule is CC(C)(C)OC(=O)c1cc(=O)n(-c2ccccc2)[nH]1. The topological polar surface area (TPSA) is 64.1 Å². The van der Waals surface area contributed by atoms with Gasteiger partial charge in [-0.15, -0.1) is 0 Å². The van der Waals surface area contributed by atoms with E-state index in [-0.39, 0.29) is 11.3 Å². The summed E-state index contributed by atoms with van der Waals surface area (Å²) >= 11 is 0. The van der Waals surface area contributed by atoms with Crippen LogP contribution in [-0.4, -0.2) is 21.4 Å². The van der Waals surface area contributed by atoms with E-state index < -0.39 is 11.6 Å². The molecule has 0 saturated carbocycles. The Balaban J connectivity index is 2.32. The number of ether oxygens (including phenoxy) is 1. The van der Waals surface area contributed by atoms with Gasteiger partial charge in [0.2, 0.25) is 0 Å². The molecule has 0 aliphatic rings. The third-order valence-corrected chi connectivity index (χ3v) is 2.35. The van der Waals surface area contributed by atoms with Gasteiger partial charge in [-0.2, -0.15) is 0 Å². The van der Waals surface area contributed by atoms with Gasteiger partial charge in [-0.25, -0.2) is 9.48 Å². The van der Waals surface area contributed by atoms with Crippen LogP contribution in [0.15, 0.2) is 41.2 Å². The molecule has 19 heavy (non-hydrogen) atoms. The Kier molecular flexibility index (Phi) is 3.29. The highest BCUT2D eigenvalue weighted by atomic mass is 16.6. The van der Waals surface area contributed by atoms with Crippen LogP contribution in [0.4, 0.5) is 0 Å². The second kappa shape index (κ2) is 4.76. The van der Waals surface area contributed by atoms with Crippen molar-refractivity contribution >= 4 is 5.97 Å². The van der Waals surface area contributed by atoms with Gasteiger partial charge >= 0.3 is 5.97 Å². The highest BCUT2D eigenvalue weighted by molar-refractivity contribution is 5.87. The van der Waals surface area contributed by atoms with Gasteiger partial charge < -0.3 is 4.74 Å². The van der Waals surface area contributed by atoms with Crippen molar-refractivity contribution in [2.24, 2.45) is 0 Å². The number of aromatic nitrogens is 2. The third kappa shape index (κ3) is 3.13. The maximum Gasteiger partial charge on any atom is 0.356 e. The molecule has 1 aromatic heterocycles. The van der Waals surface area contributed by atoms with Gasteiger partial charge in [0.1, 0.15) is 11.3 Å². The molecule has 0 saturated heterocycles. The zero-order valence-corrected chi connectivity index (χ0v) is 11.1. The molecule has 0 amide bonds. The summed E-state index contributed by atoms with van der Waals surface area (Å²) in [6, 6.07) is 10.3. The predicted molar refractivity (Wildman–Crippen MR) is 71.6 cm³/mol. The Morgan fingerprint density at radius 3 is 2.42 bits per heavy atom. The molecule has 1 N–H and O–H groups in total. The molecule has 0 atom stereocenters. The number of benzene rings is 1. The quantitative estimate of drug-likeness (QED) is 0.841. The summed E-state index contributed by atoms with van der Waals surface area (Å²) in [4.78, 5) is 23.7.